The predicted octanol–water partition coefficient (Wildman–Crippen LogP) is 7.49. The minimum Gasteiger partial charge on any atom is -0.456 e. The Labute approximate surface area is 239 Å². The van der Waals surface area contributed by atoms with E-state index in [0.717, 1.165) is 61.6 Å². The first-order valence-electron chi connectivity index (χ1n) is 14.7. The fourth-order valence-electron chi connectivity index (χ4n) is 5.87. The molecule has 0 radical (unpaired) electrons. The number of hydrogen-bond acceptors (Lipinski definition) is 3. The third-order valence-corrected chi connectivity index (χ3v) is 7.97. The van der Waals surface area contributed by atoms with E-state index in [2.05, 4.69) is 140 Å². The van der Waals surface area contributed by atoms with Crippen molar-refractivity contribution in [3.8, 4) is 22.5 Å². The Morgan fingerprint density at radius 1 is 0.700 bits per heavy atom. The Hall–Kier alpha value is -3.89. The lowest BCUT2D eigenvalue weighted by atomic mass is 9.90. The summed E-state index contributed by atoms with van der Waals surface area (Å²) in [5, 5.41) is 2.35. The Bertz CT molecular complexity index is 1610. The third-order valence-electron chi connectivity index (χ3n) is 7.97. The second-order valence-electron chi connectivity index (χ2n) is 10.5. The summed E-state index contributed by atoms with van der Waals surface area (Å²) in [4.78, 5) is 4.76. The van der Waals surface area contributed by atoms with Gasteiger partial charge in [0.05, 0.1) is 6.07 Å². The summed E-state index contributed by atoms with van der Waals surface area (Å²) in [6, 6.07) is 33.0. The fraction of sp³-hybridized carbons (Fsp3) is 0.306. The van der Waals surface area contributed by atoms with Gasteiger partial charge in [-0.25, -0.2) is 4.58 Å². The van der Waals surface area contributed by atoms with Crippen LogP contribution in [-0.2, 0) is 13.1 Å². The molecule has 5 rings (SSSR count). The molecule has 0 saturated heterocycles. The molecule has 4 heteroatoms. The molecule has 3 aromatic rings. The topological polar surface area (TPSA) is 22.6 Å². The van der Waals surface area contributed by atoms with Crippen LogP contribution in [0, 0.1) is 0 Å². The highest BCUT2D eigenvalue weighted by Crippen LogP contribution is 2.42. The molecule has 40 heavy (non-hydrogen) atoms. The minimum atomic E-state index is 0.856. The molecule has 0 atom stereocenters. The smallest absolute Gasteiger partial charge is 0.203 e. The van der Waals surface area contributed by atoms with E-state index in [1.165, 1.54) is 33.3 Å². The summed E-state index contributed by atoms with van der Waals surface area (Å²) in [6.07, 6.45) is 0. The highest BCUT2D eigenvalue weighted by atomic mass is 16.3. The number of fused-ring (bicyclic) bond motifs is 2. The SMILES string of the molecule is CCN(CC)c1ccc2c(-c3ccccc3CN(C)Cc3ccccc3)c3ccc(=[N+](CC)CC)cc-3oc2c1. The molecule has 0 N–H and O–H groups in total. The molecule has 0 spiro atoms. The van der Waals surface area contributed by atoms with E-state index in [9.17, 15) is 0 Å². The van der Waals surface area contributed by atoms with Crippen LogP contribution in [0.1, 0.15) is 38.8 Å². The van der Waals surface area contributed by atoms with Crippen LogP contribution in [0.15, 0.2) is 95.4 Å². The van der Waals surface area contributed by atoms with E-state index in [0.29, 0.717) is 0 Å². The number of hydrogen-bond donors (Lipinski definition) is 0. The van der Waals surface area contributed by atoms with E-state index in [4.69, 9.17) is 4.42 Å². The summed E-state index contributed by atoms with van der Waals surface area (Å²) in [6.45, 7) is 14.4. The zero-order chi connectivity index (χ0) is 28.1. The summed E-state index contributed by atoms with van der Waals surface area (Å²) in [5.41, 5.74) is 8.42. The van der Waals surface area contributed by atoms with Crippen molar-refractivity contribution in [1.29, 1.82) is 0 Å². The zero-order valence-corrected chi connectivity index (χ0v) is 24.7. The van der Waals surface area contributed by atoms with Crippen molar-refractivity contribution in [1.82, 2.24) is 9.48 Å². The van der Waals surface area contributed by atoms with Crippen molar-refractivity contribution in [3.05, 3.63) is 107 Å². The molecule has 1 aliphatic heterocycles. The molecule has 1 heterocycles. The summed E-state index contributed by atoms with van der Waals surface area (Å²) in [7, 11) is 2.20. The van der Waals surface area contributed by atoms with Gasteiger partial charge in [-0.2, -0.15) is 0 Å². The van der Waals surface area contributed by atoms with Crippen LogP contribution in [0.4, 0.5) is 5.69 Å². The second kappa shape index (κ2) is 12.5. The molecular formula is C36H42N3O+. The Balaban J connectivity index is 1.70. The van der Waals surface area contributed by atoms with Crippen LogP contribution in [-0.4, -0.2) is 38.1 Å². The van der Waals surface area contributed by atoms with Gasteiger partial charge in [-0.1, -0.05) is 54.6 Å². The van der Waals surface area contributed by atoms with Crippen molar-refractivity contribution in [2.24, 2.45) is 0 Å². The maximum atomic E-state index is 6.70. The van der Waals surface area contributed by atoms with Crippen LogP contribution >= 0.6 is 0 Å². The molecular weight excluding hydrogens is 490 g/mol. The number of benzene rings is 4. The van der Waals surface area contributed by atoms with Crippen LogP contribution < -0.4 is 14.8 Å². The molecule has 0 unspecified atom stereocenters. The quantitative estimate of drug-likeness (QED) is 0.137. The third kappa shape index (κ3) is 5.68. The predicted molar refractivity (Wildman–Crippen MR) is 170 cm³/mol. The molecule has 0 amide bonds. The van der Waals surface area contributed by atoms with E-state index >= 15 is 0 Å². The maximum absolute atomic E-state index is 6.70. The molecule has 3 aromatic carbocycles. The van der Waals surface area contributed by atoms with Crippen molar-refractivity contribution in [3.63, 3.8) is 0 Å². The normalized spacial score (nSPS) is 11.4. The van der Waals surface area contributed by atoms with Gasteiger partial charge in [0.1, 0.15) is 24.4 Å². The Morgan fingerprint density at radius 3 is 2.15 bits per heavy atom. The van der Waals surface area contributed by atoms with Crippen LogP contribution in [0.2, 0.25) is 0 Å². The molecule has 4 nitrogen and oxygen atoms in total. The van der Waals surface area contributed by atoms with Gasteiger partial charge in [0.15, 0.2) is 0 Å². The Kier molecular flexibility index (Phi) is 8.66. The van der Waals surface area contributed by atoms with Gasteiger partial charge in [-0.15, -0.1) is 0 Å². The van der Waals surface area contributed by atoms with Crippen molar-refractivity contribution in [2.75, 3.05) is 38.1 Å². The van der Waals surface area contributed by atoms with Gasteiger partial charge in [0, 0.05) is 60.5 Å². The highest BCUT2D eigenvalue weighted by molar-refractivity contribution is 6.03. The maximum Gasteiger partial charge on any atom is 0.203 e. The molecule has 0 fully saturated rings. The van der Waals surface area contributed by atoms with E-state index < -0.39 is 0 Å². The molecule has 0 bridgehead atoms. The van der Waals surface area contributed by atoms with Crippen LogP contribution in [0.3, 0.4) is 0 Å². The summed E-state index contributed by atoms with van der Waals surface area (Å²) < 4.78 is 9.08. The first-order valence-corrected chi connectivity index (χ1v) is 14.7. The minimum absolute atomic E-state index is 0.856. The van der Waals surface area contributed by atoms with Gasteiger partial charge in [-0.05, 0) is 69.6 Å². The number of rotatable bonds is 10. The first kappa shape index (κ1) is 27.7. The van der Waals surface area contributed by atoms with Gasteiger partial charge in [0.25, 0.3) is 0 Å². The second-order valence-corrected chi connectivity index (χ2v) is 10.5. The fourth-order valence-corrected chi connectivity index (χ4v) is 5.87. The summed E-state index contributed by atoms with van der Waals surface area (Å²) >= 11 is 0. The highest BCUT2D eigenvalue weighted by Gasteiger charge is 2.21. The van der Waals surface area contributed by atoms with Crippen LogP contribution in [0.25, 0.3) is 33.4 Å². The average molecular weight is 533 g/mol. The lowest BCUT2D eigenvalue weighted by molar-refractivity contribution is 0.319. The zero-order valence-electron chi connectivity index (χ0n) is 24.7. The van der Waals surface area contributed by atoms with Crippen molar-refractivity contribution < 1.29 is 4.42 Å². The largest absolute Gasteiger partial charge is 0.456 e. The lowest BCUT2D eigenvalue weighted by Gasteiger charge is -2.23. The number of anilines is 1. The van der Waals surface area contributed by atoms with Gasteiger partial charge < -0.3 is 9.32 Å². The first-order chi connectivity index (χ1) is 19.6. The van der Waals surface area contributed by atoms with Gasteiger partial charge >= 0.3 is 0 Å². The molecule has 0 aromatic heterocycles. The van der Waals surface area contributed by atoms with Crippen LogP contribution in [0.5, 0.6) is 0 Å². The van der Waals surface area contributed by atoms with E-state index in [1.54, 1.807) is 0 Å². The molecule has 2 aliphatic rings. The number of nitrogens with zero attached hydrogens (tertiary/aromatic N) is 3. The van der Waals surface area contributed by atoms with Crippen molar-refractivity contribution >= 4 is 16.7 Å². The standard InChI is InChI=1S/C36H42N3O/c1-6-38(7-2)29-19-21-32-34(23-29)40-35-24-30(39(8-3)9-4)20-22-33(35)36(32)31-18-14-13-17-28(31)26-37(5)25-27-15-11-10-12-16-27/h10-24H,6-9,25-26H2,1-5H3/q+1. The monoisotopic (exact) mass is 532 g/mol. The molecule has 1 aliphatic carbocycles. The molecule has 206 valence electrons. The molecule has 0 saturated carbocycles. The Morgan fingerprint density at radius 2 is 1.43 bits per heavy atom. The van der Waals surface area contributed by atoms with E-state index in [-0.39, 0.29) is 0 Å². The van der Waals surface area contributed by atoms with E-state index in [1.807, 2.05) is 0 Å². The lowest BCUT2D eigenvalue weighted by Crippen LogP contribution is -2.29. The summed E-state index contributed by atoms with van der Waals surface area (Å²) in [5.74, 6) is 0.927. The van der Waals surface area contributed by atoms with Crippen molar-refractivity contribution in [2.45, 2.75) is 40.8 Å². The van der Waals surface area contributed by atoms with Gasteiger partial charge in [-0.3, -0.25) is 4.90 Å². The average Bonchev–Trinajstić information content (AvgIpc) is 2.98. The van der Waals surface area contributed by atoms with Gasteiger partial charge in [0.2, 0.25) is 5.36 Å².